The molecule has 1 aromatic heterocycles. The number of ether oxygens (including phenoxy) is 1. The van der Waals surface area contributed by atoms with Gasteiger partial charge < -0.3 is 14.5 Å². The average molecular weight is 268 g/mol. The SMILES string of the molecule is CCNCc1oc(CN(CCOC)C(C)C)cc1C. The molecule has 110 valence electrons. The summed E-state index contributed by atoms with van der Waals surface area (Å²) >= 11 is 0. The monoisotopic (exact) mass is 268 g/mol. The van der Waals surface area contributed by atoms with Gasteiger partial charge in [-0.3, -0.25) is 4.90 Å². The molecule has 1 aromatic rings. The highest BCUT2D eigenvalue weighted by atomic mass is 16.5. The number of nitrogens with one attached hydrogen (secondary N) is 1. The predicted molar refractivity (Wildman–Crippen MR) is 78.2 cm³/mol. The molecular weight excluding hydrogens is 240 g/mol. The third kappa shape index (κ3) is 5.35. The number of nitrogens with zero attached hydrogens (tertiary/aromatic N) is 1. The lowest BCUT2D eigenvalue weighted by Gasteiger charge is -2.24. The van der Waals surface area contributed by atoms with E-state index < -0.39 is 0 Å². The van der Waals surface area contributed by atoms with Crippen molar-refractivity contribution in [3.05, 3.63) is 23.2 Å². The Balaban J connectivity index is 2.63. The molecule has 0 saturated carbocycles. The van der Waals surface area contributed by atoms with E-state index in [1.54, 1.807) is 7.11 Å². The van der Waals surface area contributed by atoms with Gasteiger partial charge in [0.2, 0.25) is 0 Å². The molecule has 0 spiro atoms. The first-order chi connectivity index (χ1) is 9.08. The average Bonchev–Trinajstić information content (AvgIpc) is 2.72. The zero-order valence-corrected chi connectivity index (χ0v) is 13.0. The van der Waals surface area contributed by atoms with Gasteiger partial charge in [-0.15, -0.1) is 0 Å². The van der Waals surface area contributed by atoms with E-state index in [2.05, 4.69) is 44.0 Å². The van der Waals surface area contributed by atoms with Crippen LogP contribution >= 0.6 is 0 Å². The van der Waals surface area contributed by atoms with E-state index in [1.165, 1.54) is 5.56 Å². The number of rotatable bonds is 9. The Morgan fingerprint density at radius 3 is 2.74 bits per heavy atom. The molecule has 1 rings (SSSR count). The molecule has 4 nitrogen and oxygen atoms in total. The van der Waals surface area contributed by atoms with Crippen molar-refractivity contribution in [1.29, 1.82) is 0 Å². The Labute approximate surface area is 117 Å². The fraction of sp³-hybridized carbons (Fsp3) is 0.733. The Morgan fingerprint density at radius 2 is 2.16 bits per heavy atom. The van der Waals surface area contributed by atoms with E-state index in [0.717, 1.165) is 44.3 Å². The van der Waals surface area contributed by atoms with E-state index in [4.69, 9.17) is 9.15 Å². The van der Waals surface area contributed by atoms with Crippen LogP contribution < -0.4 is 5.32 Å². The molecule has 19 heavy (non-hydrogen) atoms. The second kappa shape index (κ2) is 8.35. The molecule has 0 aliphatic heterocycles. The highest BCUT2D eigenvalue weighted by molar-refractivity contribution is 5.20. The maximum Gasteiger partial charge on any atom is 0.120 e. The highest BCUT2D eigenvalue weighted by Crippen LogP contribution is 2.17. The summed E-state index contributed by atoms with van der Waals surface area (Å²) in [6.45, 7) is 12.9. The molecule has 4 heteroatoms. The van der Waals surface area contributed by atoms with Gasteiger partial charge in [0.15, 0.2) is 0 Å². The van der Waals surface area contributed by atoms with Crippen molar-refractivity contribution in [2.24, 2.45) is 0 Å². The topological polar surface area (TPSA) is 37.6 Å². The lowest BCUT2D eigenvalue weighted by atomic mass is 10.2. The molecule has 0 bridgehead atoms. The lowest BCUT2D eigenvalue weighted by molar-refractivity contribution is 0.119. The molecule has 0 fully saturated rings. The molecule has 0 saturated heterocycles. The van der Waals surface area contributed by atoms with Crippen LogP contribution in [0.3, 0.4) is 0 Å². The minimum absolute atomic E-state index is 0.484. The van der Waals surface area contributed by atoms with Crippen LogP contribution in [0, 0.1) is 6.92 Å². The van der Waals surface area contributed by atoms with Crippen molar-refractivity contribution >= 4 is 0 Å². The minimum atomic E-state index is 0.484. The molecular formula is C15H28N2O2. The molecule has 0 aromatic carbocycles. The van der Waals surface area contributed by atoms with Gasteiger partial charge in [0, 0.05) is 19.7 Å². The van der Waals surface area contributed by atoms with Crippen LogP contribution in [-0.2, 0) is 17.8 Å². The van der Waals surface area contributed by atoms with E-state index in [1.807, 2.05) is 0 Å². The zero-order chi connectivity index (χ0) is 14.3. The van der Waals surface area contributed by atoms with Crippen LogP contribution in [0.15, 0.2) is 10.5 Å². The number of methoxy groups -OCH3 is 1. The van der Waals surface area contributed by atoms with E-state index in [9.17, 15) is 0 Å². The number of furan rings is 1. The quantitative estimate of drug-likeness (QED) is 0.747. The summed E-state index contributed by atoms with van der Waals surface area (Å²) in [5.41, 5.74) is 1.23. The summed E-state index contributed by atoms with van der Waals surface area (Å²) < 4.78 is 11.1. The van der Waals surface area contributed by atoms with Crippen molar-refractivity contribution < 1.29 is 9.15 Å². The maximum absolute atomic E-state index is 5.93. The number of hydrogen-bond acceptors (Lipinski definition) is 4. The van der Waals surface area contributed by atoms with Crippen molar-refractivity contribution in [3.8, 4) is 0 Å². The Kier molecular flexibility index (Phi) is 7.13. The van der Waals surface area contributed by atoms with Crippen molar-refractivity contribution in [1.82, 2.24) is 10.2 Å². The summed E-state index contributed by atoms with van der Waals surface area (Å²) in [5, 5.41) is 3.30. The van der Waals surface area contributed by atoms with Crippen LogP contribution in [0.5, 0.6) is 0 Å². The molecule has 0 atom stereocenters. The van der Waals surface area contributed by atoms with Crippen molar-refractivity contribution in [3.63, 3.8) is 0 Å². The van der Waals surface area contributed by atoms with Crippen LogP contribution in [-0.4, -0.2) is 37.7 Å². The molecule has 0 aliphatic rings. The largest absolute Gasteiger partial charge is 0.463 e. The second-order valence-corrected chi connectivity index (χ2v) is 5.16. The van der Waals surface area contributed by atoms with Crippen molar-refractivity contribution in [2.75, 3.05) is 26.8 Å². The molecule has 0 aliphatic carbocycles. The maximum atomic E-state index is 5.93. The molecule has 0 unspecified atom stereocenters. The second-order valence-electron chi connectivity index (χ2n) is 5.16. The van der Waals surface area contributed by atoms with Gasteiger partial charge >= 0.3 is 0 Å². The van der Waals surface area contributed by atoms with Gasteiger partial charge in [-0.2, -0.15) is 0 Å². The van der Waals surface area contributed by atoms with Gasteiger partial charge in [-0.05, 0) is 38.9 Å². The Morgan fingerprint density at radius 1 is 1.42 bits per heavy atom. The third-order valence-corrected chi connectivity index (χ3v) is 3.28. The summed E-state index contributed by atoms with van der Waals surface area (Å²) in [4.78, 5) is 2.36. The smallest absolute Gasteiger partial charge is 0.120 e. The predicted octanol–water partition coefficient (Wildman–Crippen LogP) is 2.55. The molecule has 0 radical (unpaired) electrons. The first kappa shape index (κ1) is 16.2. The summed E-state index contributed by atoms with van der Waals surface area (Å²) in [6, 6.07) is 2.63. The molecule has 0 amide bonds. The molecule has 1 N–H and O–H groups in total. The Hall–Kier alpha value is -0.840. The van der Waals surface area contributed by atoms with Crippen LogP contribution in [0.2, 0.25) is 0 Å². The minimum Gasteiger partial charge on any atom is -0.463 e. The van der Waals surface area contributed by atoms with Gasteiger partial charge in [0.05, 0.1) is 19.7 Å². The van der Waals surface area contributed by atoms with Crippen LogP contribution in [0.25, 0.3) is 0 Å². The van der Waals surface area contributed by atoms with Crippen molar-refractivity contribution in [2.45, 2.75) is 46.8 Å². The van der Waals surface area contributed by atoms with E-state index in [-0.39, 0.29) is 0 Å². The zero-order valence-electron chi connectivity index (χ0n) is 13.0. The van der Waals surface area contributed by atoms with E-state index in [0.29, 0.717) is 6.04 Å². The first-order valence-corrected chi connectivity index (χ1v) is 7.10. The van der Waals surface area contributed by atoms with E-state index >= 15 is 0 Å². The van der Waals surface area contributed by atoms with Gasteiger partial charge in [0.25, 0.3) is 0 Å². The summed E-state index contributed by atoms with van der Waals surface area (Å²) in [6.07, 6.45) is 0. The third-order valence-electron chi connectivity index (χ3n) is 3.28. The summed E-state index contributed by atoms with van der Waals surface area (Å²) in [5.74, 6) is 2.09. The van der Waals surface area contributed by atoms with Gasteiger partial charge in [0.1, 0.15) is 11.5 Å². The summed E-state index contributed by atoms with van der Waals surface area (Å²) in [7, 11) is 1.74. The lowest BCUT2D eigenvalue weighted by Crippen LogP contribution is -2.33. The molecule has 1 heterocycles. The van der Waals surface area contributed by atoms with Crippen LogP contribution in [0.4, 0.5) is 0 Å². The normalized spacial score (nSPS) is 11.7. The number of hydrogen-bond donors (Lipinski definition) is 1. The standard InChI is InChI=1S/C15H28N2O2/c1-6-16-10-15-13(4)9-14(19-15)11-17(12(2)3)7-8-18-5/h9,12,16H,6-8,10-11H2,1-5H3. The van der Waals surface area contributed by atoms with Crippen LogP contribution in [0.1, 0.15) is 37.9 Å². The Bertz CT molecular complexity index is 361. The first-order valence-electron chi connectivity index (χ1n) is 7.10. The number of aryl methyl sites for hydroxylation is 1. The fourth-order valence-corrected chi connectivity index (χ4v) is 2.01. The highest BCUT2D eigenvalue weighted by Gasteiger charge is 2.14. The fourth-order valence-electron chi connectivity index (χ4n) is 2.01. The van der Waals surface area contributed by atoms with Gasteiger partial charge in [-0.1, -0.05) is 6.92 Å². The van der Waals surface area contributed by atoms with Gasteiger partial charge in [-0.25, -0.2) is 0 Å².